The molecule has 0 atom stereocenters. The third-order valence-electron chi connectivity index (χ3n) is 1.15. The zero-order valence-electron chi connectivity index (χ0n) is 6.08. The second kappa shape index (κ2) is 4.65. The molecular formula is C5H8N2O5. The number of oxime groups is 2. The maximum absolute atomic E-state index is 8.39. The highest BCUT2D eigenvalue weighted by Gasteiger charge is 2.20. The third-order valence-corrected chi connectivity index (χ3v) is 1.15. The van der Waals surface area contributed by atoms with Crippen molar-refractivity contribution in [3.05, 3.63) is 0 Å². The fraction of sp³-hybridized carbons (Fsp3) is 0.600. The smallest absolute Gasteiger partial charge is 0.210 e. The first-order valence-electron chi connectivity index (χ1n) is 3.09. The minimum atomic E-state index is -0.848. The highest BCUT2D eigenvalue weighted by atomic mass is 16.8. The molecule has 0 saturated carbocycles. The fourth-order valence-corrected chi connectivity index (χ4v) is 0.666. The molecule has 0 spiro atoms. The molecule has 0 aromatic heterocycles. The Morgan fingerprint density at radius 1 is 1.33 bits per heavy atom. The van der Waals surface area contributed by atoms with E-state index >= 15 is 0 Å². The van der Waals surface area contributed by atoms with Crippen LogP contribution in [0.4, 0.5) is 0 Å². The van der Waals surface area contributed by atoms with Gasteiger partial charge in [0.25, 0.3) is 0 Å². The van der Waals surface area contributed by atoms with E-state index in [0.717, 1.165) is 6.21 Å². The van der Waals surface area contributed by atoms with Crippen molar-refractivity contribution < 1.29 is 24.6 Å². The number of nitrogens with zero attached hydrogens (tertiary/aromatic N) is 2. The van der Waals surface area contributed by atoms with Gasteiger partial charge in [-0.05, 0) is 0 Å². The first-order chi connectivity index (χ1) is 5.88. The monoisotopic (exact) mass is 176 g/mol. The molecular weight excluding hydrogens is 168 g/mol. The van der Waals surface area contributed by atoms with Crippen molar-refractivity contribution in [3.63, 3.8) is 0 Å². The van der Waals surface area contributed by atoms with E-state index in [4.69, 9.17) is 19.9 Å². The number of hydrogen-bond acceptors (Lipinski definition) is 7. The molecule has 0 unspecified atom stereocenters. The number of ether oxygens (including phenoxy) is 3. The average molecular weight is 176 g/mol. The van der Waals surface area contributed by atoms with Crippen molar-refractivity contribution in [1.29, 1.82) is 0 Å². The fourth-order valence-electron chi connectivity index (χ4n) is 0.666. The van der Waals surface area contributed by atoms with Gasteiger partial charge in [0.2, 0.25) is 6.29 Å². The second-order valence-electron chi connectivity index (χ2n) is 1.87. The zero-order chi connectivity index (χ0) is 8.81. The van der Waals surface area contributed by atoms with Crippen LogP contribution in [-0.2, 0) is 14.2 Å². The molecule has 1 saturated heterocycles. The van der Waals surface area contributed by atoms with E-state index < -0.39 is 6.29 Å². The maximum Gasteiger partial charge on any atom is 0.210 e. The van der Waals surface area contributed by atoms with E-state index in [0.29, 0.717) is 0 Å². The molecule has 1 aliphatic rings. The van der Waals surface area contributed by atoms with Crippen LogP contribution in [0.25, 0.3) is 0 Å². The summed E-state index contributed by atoms with van der Waals surface area (Å²) in [6.07, 6.45) is 0.0651. The van der Waals surface area contributed by atoms with Gasteiger partial charge in [-0.2, -0.15) is 0 Å². The summed E-state index contributed by atoms with van der Waals surface area (Å²) in [6.45, 7) is 0.0892. The highest BCUT2D eigenvalue weighted by molar-refractivity contribution is 6.31. The van der Waals surface area contributed by atoms with Gasteiger partial charge in [0, 0.05) is 0 Å². The summed E-state index contributed by atoms with van der Waals surface area (Å²) in [7, 11) is 0. The molecule has 0 bridgehead atoms. The van der Waals surface area contributed by atoms with Gasteiger partial charge in [-0.15, -0.1) is 0 Å². The molecule has 2 N–H and O–H groups in total. The Morgan fingerprint density at radius 3 is 2.50 bits per heavy atom. The van der Waals surface area contributed by atoms with Crippen LogP contribution in [0.1, 0.15) is 0 Å². The van der Waals surface area contributed by atoms with Crippen molar-refractivity contribution in [2.45, 2.75) is 6.29 Å². The molecule has 1 heterocycles. The molecule has 12 heavy (non-hydrogen) atoms. The van der Waals surface area contributed by atoms with Crippen molar-refractivity contribution in [2.24, 2.45) is 10.3 Å². The van der Waals surface area contributed by atoms with Gasteiger partial charge in [0.05, 0.1) is 6.21 Å². The lowest BCUT2D eigenvalue weighted by molar-refractivity contribution is -0.272. The summed E-state index contributed by atoms with van der Waals surface area (Å²) in [5.74, 6) is 0. The summed E-state index contributed by atoms with van der Waals surface area (Å²) < 4.78 is 14.4. The Balaban J connectivity index is 2.52. The van der Waals surface area contributed by atoms with Crippen LogP contribution < -0.4 is 0 Å². The van der Waals surface area contributed by atoms with Gasteiger partial charge in [-0.1, -0.05) is 10.3 Å². The summed E-state index contributed by atoms with van der Waals surface area (Å²) in [5.41, 5.74) is -0.0270. The predicted molar refractivity (Wildman–Crippen MR) is 36.3 cm³/mol. The lowest BCUT2D eigenvalue weighted by Gasteiger charge is -2.21. The van der Waals surface area contributed by atoms with E-state index in [2.05, 4.69) is 15.0 Å². The lowest BCUT2D eigenvalue weighted by atomic mass is 10.4. The van der Waals surface area contributed by atoms with Gasteiger partial charge in [-0.25, -0.2) is 0 Å². The molecule has 1 fully saturated rings. The van der Waals surface area contributed by atoms with Crippen LogP contribution in [0.15, 0.2) is 10.3 Å². The van der Waals surface area contributed by atoms with Crippen LogP contribution in [-0.4, -0.2) is 42.2 Å². The normalized spacial score (nSPS) is 21.8. The second-order valence-corrected chi connectivity index (χ2v) is 1.87. The molecule has 7 nitrogen and oxygen atoms in total. The first-order valence-corrected chi connectivity index (χ1v) is 3.09. The maximum atomic E-state index is 8.39. The molecule has 1 rings (SSSR count). The van der Waals surface area contributed by atoms with Crippen molar-refractivity contribution in [2.75, 3.05) is 13.6 Å². The molecule has 7 heteroatoms. The Kier molecular flexibility index (Phi) is 3.45. The summed E-state index contributed by atoms with van der Waals surface area (Å²) >= 11 is 0. The summed E-state index contributed by atoms with van der Waals surface area (Å²) in [5, 5.41) is 22.0. The summed E-state index contributed by atoms with van der Waals surface area (Å²) in [4.78, 5) is 0. The van der Waals surface area contributed by atoms with E-state index in [1.54, 1.807) is 0 Å². The number of rotatable bonds is 2. The standard InChI is InChI=1S/C5H8N2O5/c8-6-1-4(7-9)5-11-2-10-3-12-5/h1,5,8-9H,2-3H2. The molecule has 0 radical (unpaired) electrons. The van der Waals surface area contributed by atoms with E-state index in [-0.39, 0.29) is 19.3 Å². The average Bonchev–Trinajstić information content (AvgIpc) is 2.15. The minimum absolute atomic E-state index is 0.0270. The molecule has 0 amide bonds. The molecule has 68 valence electrons. The van der Waals surface area contributed by atoms with Crippen LogP contribution in [0.5, 0.6) is 0 Å². The van der Waals surface area contributed by atoms with Gasteiger partial charge in [0.1, 0.15) is 0 Å². The predicted octanol–water partition coefficient (Wildman–Crippen LogP) is -0.419. The van der Waals surface area contributed by atoms with Gasteiger partial charge in [0.15, 0.2) is 19.3 Å². The zero-order valence-corrected chi connectivity index (χ0v) is 6.08. The van der Waals surface area contributed by atoms with Gasteiger partial charge in [-0.3, -0.25) is 0 Å². The minimum Gasteiger partial charge on any atom is -0.411 e. The Morgan fingerprint density at radius 2 is 2.00 bits per heavy atom. The highest BCUT2D eigenvalue weighted by Crippen LogP contribution is 2.03. The SMILES string of the molecule is ON=CC(=NO)C1OCOCO1. The van der Waals surface area contributed by atoms with E-state index in [1.165, 1.54) is 0 Å². The van der Waals surface area contributed by atoms with Crippen molar-refractivity contribution in [3.8, 4) is 0 Å². The lowest BCUT2D eigenvalue weighted by Crippen LogP contribution is -2.34. The van der Waals surface area contributed by atoms with Crippen molar-refractivity contribution >= 4 is 11.9 Å². The third kappa shape index (κ3) is 2.16. The number of hydrogen-bond donors (Lipinski definition) is 2. The van der Waals surface area contributed by atoms with E-state index in [1.807, 2.05) is 0 Å². The van der Waals surface area contributed by atoms with Gasteiger partial charge < -0.3 is 24.6 Å². The largest absolute Gasteiger partial charge is 0.411 e. The van der Waals surface area contributed by atoms with Gasteiger partial charge >= 0.3 is 0 Å². The summed E-state index contributed by atoms with van der Waals surface area (Å²) in [6, 6.07) is 0. The topological polar surface area (TPSA) is 92.9 Å². The molecule has 0 aromatic carbocycles. The molecule has 0 aromatic rings. The van der Waals surface area contributed by atoms with Crippen LogP contribution in [0.2, 0.25) is 0 Å². The molecule has 0 aliphatic carbocycles. The van der Waals surface area contributed by atoms with Crippen LogP contribution >= 0.6 is 0 Å². The van der Waals surface area contributed by atoms with Crippen LogP contribution in [0.3, 0.4) is 0 Å². The van der Waals surface area contributed by atoms with Crippen molar-refractivity contribution in [1.82, 2.24) is 0 Å². The quantitative estimate of drug-likeness (QED) is 0.338. The Hall–Kier alpha value is -1.18. The first kappa shape index (κ1) is 8.91. The molecule has 1 aliphatic heterocycles. The van der Waals surface area contributed by atoms with Crippen LogP contribution in [0, 0.1) is 0 Å². The Labute approximate surface area is 67.8 Å². The Bertz CT molecular complexity index is 186. The van der Waals surface area contributed by atoms with E-state index in [9.17, 15) is 0 Å².